The van der Waals surface area contributed by atoms with E-state index < -0.39 is 0 Å². The van der Waals surface area contributed by atoms with Crippen molar-refractivity contribution in [3.05, 3.63) is 30.0 Å². The van der Waals surface area contributed by atoms with E-state index in [1.165, 1.54) is 10.9 Å². The average Bonchev–Trinajstić information content (AvgIpc) is 2.86. The molecule has 17 heavy (non-hydrogen) atoms. The highest BCUT2D eigenvalue weighted by molar-refractivity contribution is 5.78. The van der Waals surface area contributed by atoms with Gasteiger partial charge in [0, 0.05) is 31.1 Å². The number of H-pyrrole nitrogens is 1. The number of nitrogens with two attached hydrogens (primary N) is 1. The van der Waals surface area contributed by atoms with Crippen LogP contribution >= 0.6 is 0 Å². The Balaban J connectivity index is 1.76. The van der Waals surface area contributed by atoms with Crippen LogP contribution in [0.25, 0.3) is 10.9 Å². The van der Waals surface area contributed by atoms with Crippen LogP contribution in [-0.4, -0.2) is 34.2 Å². The zero-order chi connectivity index (χ0) is 11.8. The maximum absolute atomic E-state index is 6.04. The Hall–Kier alpha value is -1.39. The van der Waals surface area contributed by atoms with Gasteiger partial charge in [0.25, 0.3) is 0 Å². The summed E-state index contributed by atoms with van der Waals surface area (Å²) in [5.74, 6) is 0.603. The summed E-state index contributed by atoms with van der Waals surface area (Å²) in [6, 6.07) is 6.79. The topological polar surface area (TPSA) is 57.9 Å². The van der Waals surface area contributed by atoms with Crippen molar-refractivity contribution in [2.24, 2.45) is 11.7 Å². The number of aromatic amines is 1. The number of hydrogen-bond donors (Lipinski definition) is 2. The third kappa shape index (κ3) is 2.06. The SMILES string of the molecule is CC1CN(Cc2ccc3cn[nH]c3c2)CC1N. The van der Waals surface area contributed by atoms with Crippen molar-refractivity contribution in [3.8, 4) is 0 Å². The number of rotatable bonds is 2. The Morgan fingerprint density at radius 3 is 3.12 bits per heavy atom. The fourth-order valence-electron chi connectivity index (χ4n) is 2.57. The molecule has 0 bridgehead atoms. The molecule has 1 aliphatic heterocycles. The van der Waals surface area contributed by atoms with Crippen molar-refractivity contribution in [3.63, 3.8) is 0 Å². The first kappa shape index (κ1) is 10.7. The normalized spacial score (nSPS) is 25.8. The molecule has 2 aromatic rings. The standard InChI is InChI=1S/C13H18N4/c1-9-6-17(8-12(9)14)7-10-2-3-11-5-15-16-13(11)4-10/h2-5,9,12H,6-8,14H2,1H3,(H,15,16). The van der Waals surface area contributed by atoms with Crippen molar-refractivity contribution in [2.45, 2.75) is 19.5 Å². The molecule has 2 heterocycles. The highest BCUT2D eigenvalue weighted by Crippen LogP contribution is 2.19. The number of benzene rings is 1. The second-order valence-electron chi connectivity index (χ2n) is 5.13. The smallest absolute Gasteiger partial charge is 0.0653 e. The lowest BCUT2D eigenvalue weighted by Crippen LogP contribution is -2.28. The van der Waals surface area contributed by atoms with Crippen molar-refractivity contribution in [2.75, 3.05) is 13.1 Å². The van der Waals surface area contributed by atoms with E-state index in [9.17, 15) is 0 Å². The molecule has 0 aliphatic carbocycles. The van der Waals surface area contributed by atoms with Crippen molar-refractivity contribution < 1.29 is 0 Å². The third-order valence-electron chi connectivity index (χ3n) is 3.66. The molecule has 1 saturated heterocycles. The molecule has 2 atom stereocenters. The van der Waals surface area contributed by atoms with Gasteiger partial charge in [-0.1, -0.05) is 19.1 Å². The Kier molecular flexibility index (Phi) is 2.61. The molecular formula is C13H18N4. The maximum Gasteiger partial charge on any atom is 0.0653 e. The van der Waals surface area contributed by atoms with Gasteiger partial charge in [-0.25, -0.2) is 0 Å². The van der Waals surface area contributed by atoms with Gasteiger partial charge >= 0.3 is 0 Å². The van der Waals surface area contributed by atoms with Gasteiger partial charge in [-0.3, -0.25) is 10.00 Å². The fourth-order valence-corrected chi connectivity index (χ4v) is 2.57. The van der Waals surface area contributed by atoms with E-state index in [1.807, 2.05) is 6.20 Å². The van der Waals surface area contributed by atoms with Crippen LogP contribution in [0, 0.1) is 5.92 Å². The third-order valence-corrected chi connectivity index (χ3v) is 3.66. The fraction of sp³-hybridized carbons (Fsp3) is 0.462. The Bertz CT molecular complexity index is 509. The van der Waals surface area contributed by atoms with Crippen LogP contribution in [-0.2, 0) is 6.54 Å². The predicted molar refractivity (Wildman–Crippen MR) is 68.5 cm³/mol. The maximum atomic E-state index is 6.04. The van der Waals surface area contributed by atoms with E-state index in [0.29, 0.717) is 12.0 Å². The number of nitrogens with one attached hydrogen (secondary N) is 1. The monoisotopic (exact) mass is 230 g/mol. The van der Waals surface area contributed by atoms with Gasteiger partial charge in [-0.15, -0.1) is 0 Å². The summed E-state index contributed by atoms with van der Waals surface area (Å²) in [7, 11) is 0. The molecule has 4 heteroatoms. The molecule has 2 unspecified atom stereocenters. The largest absolute Gasteiger partial charge is 0.326 e. The van der Waals surface area contributed by atoms with E-state index in [1.54, 1.807) is 0 Å². The minimum absolute atomic E-state index is 0.325. The number of likely N-dealkylation sites (tertiary alicyclic amines) is 1. The first-order chi connectivity index (χ1) is 8.22. The summed E-state index contributed by atoms with van der Waals surface area (Å²) < 4.78 is 0. The highest BCUT2D eigenvalue weighted by atomic mass is 15.2. The van der Waals surface area contributed by atoms with Gasteiger partial charge < -0.3 is 5.73 Å². The summed E-state index contributed by atoms with van der Waals surface area (Å²) in [6.07, 6.45) is 1.85. The zero-order valence-corrected chi connectivity index (χ0v) is 10.1. The first-order valence-electron chi connectivity index (χ1n) is 6.12. The Morgan fingerprint density at radius 2 is 2.35 bits per heavy atom. The lowest BCUT2D eigenvalue weighted by molar-refractivity contribution is 0.319. The first-order valence-corrected chi connectivity index (χ1v) is 6.12. The summed E-state index contributed by atoms with van der Waals surface area (Å²) in [5.41, 5.74) is 8.47. The number of aromatic nitrogens is 2. The molecule has 1 aromatic carbocycles. The lowest BCUT2D eigenvalue weighted by Gasteiger charge is -2.15. The van der Waals surface area contributed by atoms with Gasteiger partial charge in [0.05, 0.1) is 11.7 Å². The number of nitrogens with zero attached hydrogens (tertiary/aromatic N) is 2. The molecule has 4 nitrogen and oxygen atoms in total. The summed E-state index contributed by atoms with van der Waals surface area (Å²) in [6.45, 7) is 5.31. The van der Waals surface area contributed by atoms with Gasteiger partial charge in [0.15, 0.2) is 0 Å². The lowest BCUT2D eigenvalue weighted by atomic mass is 10.1. The van der Waals surface area contributed by atoms with Gasteiger partial charge in [0.1, 0.15) is 0 Å². The molecule has 1 fully saturated rings. The van der Waals surface area contributed by atoms with E-state index in [4.69, 9.17) is 5.73 Å². The van der Waals surface area contributed by atoms with Crippen LogP contribution in [0.5, 0.6) is 0 Å². The molecule has 0 spiro atoms. The summed E-state index contributed by atoms with van der Waals surface area (Å²) in [5, 5.41) is 8.22. The van der Waals surface area contributed by atoms with Crippen LogP contribution in [0.4, 0.5) is 0 Å². The van der Waals surface area contributed by atoms with Crippen LogP contribution in [0.2, 0.25) is 0 Å². The molecule has 90 valence electrons. The average molecular weight is 230 g/mol. The number of hydrogen-bond acceptors (Lipinski definition) is 3. The van der Waals surface area contributed by atoms with Crippen LogP contribution in [0.15, 0.2) is 24.4 Å². The Labute approximate surface area is 101 Å². The minimum Gasteiger partial charge on any atom is -0.326 e. The van der Waals surface area contributed by atoms with E-state index >= 15 is 0 Å². The molecule has 0 amide bonds. The van der Waals surface area contributed by atoms with Gasteiger partial charge in [0.2, 0.25) is 0 Å². The van der Waals surface area contributed by atoms with Crippen LogP contribution < -0.4 is 5.73 Å². The Morgan fingerprint density at radius 1 is 1.47 bits per heavy atom. The summed E-state index contributed by atoms with van der Waals surface area (Å²) >= 11 is 0. The minimum atomic E-state index is 0.325. The highest BCUT2D eigenvalue weighted by Gasteiger charge is 2.26. The molecule has 3 rings (SSSR count). The van der Waals surface area contributed by atoms with Crippen LogP contribution in [0.3, 0.4) is 0 Å². The van der Waals surface area contributed by atoms with Crippen LogP contribution in [0.1, 0.15) is 12.5 Å². The van der Waals surface area contributed by atoms with Gasteiger partial charge in [-0.05, 0) is 17.5 Å². The second kappa shape index (κ2) is 4.13. The molecule has 1 aromatic heterocycles. The molecule has 0 radical (unpaired) electrons. The predicted octanol–water partition coefficient (Wildman–Crippen LogP) is 1.34. The second-order valence-corrected chi connectivity index (χ2v) is 5.13. The van der Waals surface area contributed by atoms with E-state index in [0.717, 1.165) is 25.2 Å². The molecular weight excluding hydrogens is 212 g/mol. The zero-order valence-electron chi connectivity index (χ0n) is 10.1. The summed E-state index contributed by atoms with van der Waals surface area (Å²) in [4.78, 5) is 2.42. The van der Waals surface area contributed by atoms with E-state index in [2.05, 4.69) is 40.2 Å². The van der Waals surface area contributed by atoms with Crippen molar-refractivity contribution >= 4 is 10.9 Å². The molecule has 3 N–H and O–H groups in total. The van der Waals surface area contributed by atoms with Crippen molar-refractivity contribution in [1.82, 2.24) is 15.1 Å². The molecule has 0 saturated carbocycles. The van der Waals surface area contributed by atoms with Crippen molar-refractivity contribution in [1.29, 1.82) is 0 Å². The molecule has 1 aliphatic rings. The quantitative estimate of drug-likeness (QED) is 0.818. The van der Waals surface area contributed by atoms with E-state index in [-0.39, 0.29) is 0 Å². The van der Waals surface area contributed by atoms with Gasteiger partial charge in [-0.2, -0.15) is 5.10 Å². The number of fused-ring (bicyclic) bond motifs is 1.